The van der Waals surface area contributed by atoms with Gasteiger partial charge in [-0.1, -0.05) is 26.7 Å². The van der Waals surface area contributed by atoms with Crippen LogP contribution in [0.15, 0.2) is 0 Å². The van der Waals surface area contributed by atoms with Gasteiger partial charge in [0.25, 0.3) is 0 Å². The number of nitrogens with zero attached hydrogens (tertiary/aromatic N) is 1. The summed E-state index contributed by atoms with van der Waals surface area (Å²) in [6.07, 6.45) is 7.03. The average molecular weight is 254 g/mol. The van der Waals surface area contributed by atoms with Gasteiger partial charge in [0.05, 0.1) is 0 Å². The standard InChI is InChI=1S/C16H34N2/c1-14(2)13-18(15-9-6-7-10-15)12-8-11-17-16(3,4)5/h14-15,17H,6-13H2,1-5H3. The molecule has 1 saturated carbocycles. The molecule has 0 radical (unpaired) electrons. The van der Waals surface area contributed by atoms with E-state index in [2.05, 4.69) is 44.8 Å². The maximum atomic E-state index is 3.59. The highest BCUT2D eigenvalue weighted by atomic mass is 15.2. The van der Waals surface area contributed by atoms with Crippen LogP contribution < -0.4 is 5.32 Å². The molecule has 18 heavy (non-hydrogen) atoms. The molecule has 0 aromatic heterocycles. The maximum Gasteiger partial charge on any atom is 0.00965 e. The molecule has 0 heterocycles. The third-order valence-electron chi connectivity index (χ3n) is 3.72. The summed E-state index contributed by atoms with van der Waals surface area (Å²) in [5.41, 5.74) is 0.260. The molecule has 2 nitrogen and oxygen atoms in total. The van der Waals surface area contributed by atoms with Gasteiger partial charge in [0.1, 0.15) is 0 Å². The molecule has 0 aromatic rings. The first kappa shape index (κ1) is 16.0. The zero-order valence-corrected chi connectivity index (χ0v) is 13.3. The molecule has 0 amide bonds. The molecule has 0 aromatic carbocycles. The summed E-state index contributed by atoms with van der Waals surface area (Å²) in [5.74, 6) is 0.793. The van der Waals surface area contributed by atoms with Crippen LogP contribution in [0.3, 0.4) is 0 Å². The lowest BCUT2D eigenvalue weighted by Gasteiger charge is -2.31. The fraction of sp³-hybridized carbons (Fsp3) is 1.00. The molecular weight excluding hydrogens is 220 g/mol. The monoisotopic (exact) mass is 254 g/mol. The third-order valence-corrected chi connectivity index (χ3v) is 3.72. The highest BCUT2D eigenvalue weighted by Gasteiger charge is 2.22. The van der Waals surface area contributed by atoms with Crippen LogP contribution in [-0.4, -0.2) is 36.1 Å². The van der Waals surface area contributed by atoms with Crippen molar-refractivity contribution >= 4 is 0 Å². The van der Waals surface area contributed by atoms with E-state index in [1.165, 1.54) is 45.2 Å². The van der Waals surface area contributed by atoms with Crippen molar-refractivity contribution in [2.75, 3.05) is 19.6 Å². The minimum atomic E-state index is 0.260. The average Bonchev–Trinajstić information content (AvgIpc) is 2.73. The number of hydrogen-bond donors (Lipinski definition) is 1. The van der Waals surface area contributed by atoms with Crippen LogP contribution in [0.2, 0.25) is 0 Å². The fourth-order valence-corrected chi connectivity index (χ4v) is 2.91. The molecule has 0 spiro atoms. The van der Waals surface area contributed by atoms with E-state index in [9.17, 15) is 0 Å². The summed E-state index contributed by atoms with van der Waals surface area (Å²) < 4.78 is 0. The van der Waals surface area contributed by atoms with E-state index in [0.29, 0.717) is 0 Å². The molecular formula is C16H34N2. The summed E-state index contributed by atoms with van der Waals surface area (Å²) in [4.78, 5) is 2.75. The highest BCUT2D eigenvalue weighted by molar-refractivity contribution is 4.79. The quantitative estimate of drug-likeness (QED) is 0.697. The van der Waals surface area contributed by atoms with Gasteiger partial charge < -0.3 is 10.2 Å². The second-order valence-electron chi connectivity index (χ2n) is 7.36. The predicted molar refractivity (Wildman–Crippen MR) is 81.0 cm³/mol. The van der Waals surface area contributed by atoms with Crippen LogP contribution in [0, 0.1) is 5.92 Å². The van der Waals surface area contributed by atoms with E-state index in [1.807, 2.05) is 0 Å². The Kier molecular flexibility index (Phi) is 6.65. The molecule has 1 aliphatic carbocycles. The van der Waals surface area contributed by atoms with Crippen molar-refractivity contribution < 1.29 is 0 Å². The first-order valence-electron chi connectivity index (χ1n) is 7.87. The van der Waals surface area contributed by atoms with Crippen molar-refractivity contribution in [3.8, 4) is 0 Å². The Labute approximate surface area is 115 Å². The molecule has 0 saturated heterocycles. The smallest absolute Gasteiger partial charge is 0.00965 e. The number of rotatable bonds is 7. The first-order valence-corrected chi connectivity index (χ1v) is 7.87. The van der Waals surface area contributed by atoms with Crippen molar-refractivity contribution in [2.45, 2.75) is 78.3 Å². The Morgan fingerprint density at radius 3 is 2.28 bits per heavy atom. The second-order valence-corrected chi connectivity index (χ2v) is 7.36. The topological polar surface area (TPSA) is 15.3 Å². The lowest BCUT2D eigenvalue weighted by molar-refractivity contribution is 0.173. The first-order chi connectivity index (χ1) is 8.38. The van der Waals surface area contributed by atoms with E-state index in [-0.39, 0.29) is 5.54 Å². The number of hydrogen-bond acceptors (Lipinski definition) is 2. The van der Waals surface area contributed by atoms with Gasteiger partial charge >= 0.3 is 0 Å². The van der Waals surface area contributed by atoms with Crippen LogP contribution in [0.25, 0.3) is 0 Å². The minimum Gasteiger partial charge on any atom is -0.312 e. The molecule has 0 aliphatic heterocycles. The van der Waals surface area contributed by atoms with Crippen LogP contribution in [0.4, 0.5) is 0 Å². The van der Waals surface area contributed by atoms with Gasteiger partial charge in [-0.2, -0.15) is 0 Å². The zero-order chi connectivity index (χ0) is 13.6. The zero-order valence-electron chi connectivity index (χ0n) is 13.3. The molecule has 0 atom stereocenters. The summed E-state index contributed by atoms with van der Waals surface area (Å²) in [7, 11) is 0. The van der Waals surface area contributed by atoms with E-state index in [0.717, 1.165) is 18.5 Å². The molecule has 1 rings (SSSR count). The molecule has 0 bridgehead atoms. The molecule has 1 fully saturated rings. The molecule has 0 unspecified atom stereocenters. The summed E-state index contributed by atoms with van der Waals surface area (Å²) in [6.45, 7) is 15.1. The maximum absolute atomic E-state index is 3.59. The third kappa shape index (κ3) is 6.75. The van der Waals surface area contributed by atoms with Crippen molar-refractivity contribution in [3.05, 3.63) is 0 Å². The van der Waals surface area contributed by atoms with Gasteiger partial charge in [-0.15, -0.1) is 0 Å². The van der Waals surface area contributed by atoms with E-state index < -0.39 is 0 Å². The van der Waals surface area contributed by atoms with Gasteiger partial charge in [-0.25, -0.2) is 0 Å². The Hall–Kier alpha value is -0.0800. The van der Waals surface area contributed by atoms with Gasteiger partial charge in [0.2, 0.25) is 0 Å². The molecule has 1 aliphatic rings. The van der Waals surface area contributed by atoms with Gasteiger partial charge in [0, 0.05) is 18.1 Å². The Bertz CT molecular complexity index is 212. The van der Waals surface area contributed by atoms with Crippen molar-refractivity contribution in [1.82, 2.24) is 10.2 Å². The van der Waals surface area contributed by atoms with Crippen molar-refractivity contribution in [3.63, 3.8) is 0 Å². The Morgan fingerprint density at radius 1 is 1.17 bits per heavy atom. The summed E-state index contributed by atoms with van der Waals surface area (Å²) in [6, 6.07) is 0.877. The minimum absolute atomic E-state index is 0.260. The largest absolute Gasteiger partial charge is 0.312 e. The summed E-state index contributed by atoms with van der Waals surface area (Å²) >= 11 is 0. The van der Waals surface area contributed by atoms with Crippen molar-refractivity contribution in [1.29, 1.82) is 0 Å². The molecule has 1 N–H and O–H groups in total. The normalized spacial score (nSPS) is 18.2. The van der Waals surface area contributed by atoms with Crippen LogP contribution >= 0.6 is 0 Å². The summed E-state index contributed by atoms with van der Waals surface area (Å²) in [5, 5.41) is 3.59. The second kappa shape index (κ2) is 7.49. The van der Waals surface area contributed by atoms with Gasteiger partial charge in [-0.05, 0) is 59.0 Å². The van der Waals surface area contributed by atoms with Crippen LogP contribution in [0.5, 0.6) is 0 Å². The van der Waals surface area contributed by atoms with Crippen molar-refractivity contribution in [2.24, 2.45) is 5.92 Å². The highest BCUT2D eigenvalue weighted by Crippen LogP contribution is 2.24. The molecule has 2 heteroatoms. The lowest BCUT2D eigenvalue weighted by Crippen LogP contribution is -2.40. The van der Waals surface area contributed by atoms with E-state index >= 15 is 0 Å². The Morgan fingerprint density at radius 2 is 1.78 bits per heavy atom. The predicted octanol–water partition coefficient (Wildman–Crippen LogP) is 3.67. The fourth-order valence-electron chi connectivity index (χ4n) is 2.91. The Balaban J connectivity index is 2.27. The SMILES string of the molecule is CC(C)CN(CCCNC(C)(C)C)C1CCCC1. The lowest BCUT2D eigenvalue weighted by atomic mass is 10.1. The van der Waals surface area contributed by atoms with Crippen LogP contribution in [0.1, 0.15) is 66.7 Å². The van der Waals surface area contributed by atoms with E-state index in [1.54, 1.807) is 0 Å². The van der Waals surface area contributed by atoms with Gasteiger partial charge in [-0.3, -0.25) is 0 Å². The molecule has 108 valence electrons. The number of nitrogens with one attached hydrogen (secondary N) is 1. The van der Waals surface area contributed by atoms with Crippen LogP contribution in [-0.2, 0) is 0 Å². The van der Waals surface area contributed by atoms with Gasteiger partial charge in [0.15, 0.2) is 0 Å². The van der Waals surface area contributed by atoms with E-state index in [4.69, 9.17) is 0 Å².